The average molecular weight is 439 g/mol. The molecular formula is C24H26N2O4S. The van der Waals surface area contributed by atoms with Crippen LogP contribution in [0.15, 0.2) is 46.9 Å². The van der Waals surface area contributed by atoms with Crippen molar-refractivity contribution in [2.75, 3.05) is 19.0 Å². The van der Waals surface area contributed by atoms with Crippen molar-refractivity contribution in [3.05, 3.63) is 65.0 Å². The number of aryl methyl sites for hydroxylation is 2. The monoisotopic (exact) mass is 438 g/mol. The van der Waals surface area contributed by atoms with Crippen LogP contribution in [-0.2, 0) is 10.5 Å². The second-order valence-electron chi connectivity index (χ2n) is 7.52. The Morgan fingerprint density at radius 2 is 1.90 bits per heavy atom. The number of rotatable bonds is 7. The molecule has 0 spiro atoms. The fourth-order valence-corrected chi connectivity index (χ4v) is 4.26. The molecule has 1 amide bonds. The minimum atomic E-state index is -0.120. The van der Waals surface area contributed by atoms with E-state index in [0.717, 1.165) is 39.6 Å². The lowest BCUT2D eigenvalue weighted by Gasteiger charge is -2.21. The van der Waals surface area contributed by atoms with Crippen LogP contribution in [0.2, 0.25) is 0 Å². The lowest BCUT2D eigenvalue weighted by Crippen LogP contribution is -2.28. The number of carbonyl (C=O) groups is 1. The van der Waals surface area contributed by atoms with Gasteiger partial charge in [0.05, 0.1) is 17.5 Å². The first-order valence-electron chi connectivity index (χ1n) is 10.3. The van der Waals surface area contributed by atoms with E-state index in [9.17, 15) is 4.79 Å². The highest BCUT2D eigenvalue weighted by atomic mass is 32.2. The third-order valence-electron chi connectivity index (χ3n) is 5.18. The van der Waals surface area contributed by atoms with Gasteiger partial charge in [-0.1, -0.05) is 24.3 Å². The SMILES string of the molecule is Cc1ccccc1-c1nc(CSCC(=O)NC(C)c2ccc3c(c2)OCCO3)c(C)o1. The Morgan fingerprint density at radius 1 is 1.13 bits per heavy atom. The van der Waals surface area contributed by atoms with Crippen molar-refractivity contribution in [2.24, 2.45) is 0 Å². The van der Waals surface area contributed by atoms with Gasteiger partial charge in [-0.3, -0.25) is 4.79 Å². The number of thioether (sulfide) groups is 1. The highest BCUT2D eigenvalue weighted by molar-refractivity contribution is 7.99. The van der Waals surface area contributed by atoms with Crippen LogP contribution in [0.4, 0.5) is 0 Å². The van der Waals surface area contributed by atoms with Gasteiger partial charge >= 0.3 is 0 Å². The van der Waals surface area contributed by atoms with Crippen LogP contribution in [0.1, 0.15) is 35.5 Å². The zero-order valence-electron chi connectivity index (χ0n) is 17.9. The molecule has 0 saturated carbocycles. The number of aromatic nitrogens is 1. The summed E-state index contributed by atoms with van der Waals surface area (Å²) in [5.74, 6) is 3.84. The molecule has 0 bridgehead atoms. The number of oxazole rings is 1. The van der Waals surface area contributed by atoms with E-state index in [1.807, 2.05) is 63.2 Å². The van der Waals surface area contributed by atoms with Crippen molar-refractivity contribution >= 4 is 17.7 Å². The number of nitrogens with zero attached hydrogens (tertiary/aromatic N) is 1. The molecular weight excluding hydrogens is 412 g/mol. The molecule has 7 heteroatoms. The Balaban J connectivity index is 1.30. The van der Waals surface area contributed by atoms with E-state index in [1.54, 1.807) is 0 Å². The summed E-state index contributed by atoms with van der Waals surface area (Å²) in [5, 5.41) is 3.04. The lowest BCUT2D eigenvalue weighted by atomic mass is 10.1. The molecule has 2 aromatic carbocycles. The molecule has 2 heterocycles. The number of hydrogen-bond donors (Lipinski definition) is 1. The molecule has 1 aliphatic heterocycles. The third kappa shape index (κ3) is 5.05. The topological polar surface area (TPSA) is 73.6 Å². The molecule has 3 aromatic rings. The largest absolute Gasteiger partial charge is 0.486 e. The summed E-state index contributed by atoms with van der Waals surface area (Å²) >= 11 is 1.52. The standard InChI is InChI=1S/C24H26N2O4S/c1-15-6-4-5-7-19(15)24-26-20(17(3)30-24)13-31-14-23(27)25-16(2)18-8-9-21-22(12-18)29-11-10-28-21/h4-9,12,16H,10-11,13-14H2,1-3H3,(H,25,27). The van der Waals surface area contributed by atoms with Crippen LogP contribution < -0.4 is 14.8 Å². The zero-order chi connectivity index (χ0) is 21.8. The highest BCUT2D eigenvalue weighted by Crippen LogP contribution is 2.32. The predicted octanol–water partition coefficient (Wildman–Crippen LogP) is 4.84. The highest BCUT2D eigenvalue weighted by Gasteiger charge is 2.17. The third-order valence-corrected chi connectivity index (χ3v) is 6.13. The molecule has 1 aliphatic rings. The summed E-state index contributed by atoms with van der Waals surface area (Å²) in [6, 6.07) is 13.7. The number of hydrogen-bond acceptors (Lipinski definition) is 6. The quantitative estimate of drug-likeness (QED) is 0.569. The molecule has 31 heavy (non-hydrogen) atoms. The molecule has 0 radical (unpaired) electrons. The molecule has 162 valence electrons. The van der Waals surface area contributed by atoms with Gasteiger partial charge in [-0.05, 0) is 50.1 Å². The van der Waals surface area contributed by atoms with Gasteiger partial charge in [0.2, 0.25) is 11.8 Å². The average Bonchev–Trinajstić information content (AvgIpc) is 3.14. The summed E-state index contributed by atoms with van der Waals surface area (Å²) in [5.41, 5.74) is 3.97. The molecule has 1 unspecified atom stereocenters. The minimum absolute atomic E-state index is 0.0207. The van der Waals surface area contributed by atoms with Crippen LogP contribution in [-0.4, -0.2) is 29.9 Å². The molecule has 6 nitrogen and oxygen atoms in total. The second-order valence-corrected chi connectivity index (χ2v) is 8.51. The summed E-state index contributed by atoms with van der Waals surface area (Å²) in [7, 11) is 0. The van der Waals surface area contributed by atoms with Crippen molar-refractivity contribution in [2.45, 2.75) is 32.6 Å². The number of amides is 1. The van der Waals surface area contributed by atoms with Gasteiger partial charge in [-0.2, -0.15) is 0 Å². The van der Waals surface area contributed by atoms with Gasteiger partial charge in [-0.25, -0.2) is 4.98 Å². The van der Waals surface area contributed by atoms with Crippen LogP contribution in [0, 0.1) is 13.8 Å². The van der Waals surface area contributed by atoms with Gasteiger partial charge in [0, 0.05) is 11.3 Å². The van der Waals surface area contributed by atoms with E-state index in [0.29, 0.717) is 30.6 Å². The Labute approximate surface area is 186 Å². The van der Waals surface area contributed by atoms with Crippen molar-refractivity contribution < 1.29 is 18.7 Å². The van der Waals surface area contributed by atoms with Crippen LogP contribution in [0.25, 0.3) is 11.5 Å². The van der Waals surface area contributed by atoms with Crippen LogP contribution in [0.3, 0.4) is 0 Å². The second kappa shape index (κ2) is 9.47. The molecule has 0 aliphatic carbocycles. The summed E-state index contributed by atoms with van der Waals surface area (Å²) in [6.07, 6.45) is 0. The Hall–Kier alpha value is -2.93. The van der Waals surface area contributed by atoms with Gasteiger partial charge in [0.1, 0.15) is 19.0 Å². The van der Waals surface area contributed by atoms with Gasteiger partial charge in [0.15, 0.2) is 11.5 Å². The Bertz CT molecular complexity index is 1080. The predicted molar refractivity (Wildman–Crippen MR) is 122 cm³/mol. The Kier molecular flexibility index (Phi) is 6.51. The minimum Gasteiger partial charge on any atom is -0.486 e. The molecule has 1 atom stereocenters. The fraction of sp³-hybridized carbons (Fsp3) is 0.333. The van der Waals surface area contributed by atoms with Crippen LogP contribution >= 0.6 is 11.8 Å². The van der Waals surface area contributed by atoms with Crippen LogP contribution in [0.5, 0.6) is 11.5 Å². The smallest absolute Gasteiger partial charge is 0.230 e. The molecule has 1 aromatic heterocycles. The molecule has 4 rings (SSSR count). The maximum absolute atomic E-state index is 12.4. The first-order chi connectivity index (χ1) is 15.0. The van der Waals surface area contributed by atoms with Crippen molar-refractivity contribution in [3.8, 4) is 23.0 Å². The van der Waals surface area contributed by atoms with E-state index in [1.165, 1.54) is 11.8 Å². The van der Waals surface area contributed by atoms with E-state index in [4.69, 9.17) is 13.9 Å². The van der Waals surface area contributed by atoms with E-state index >= 15 is 0 Å². The van der Waals surface area contributed by atoms with E-state index in [2.05, 4.69) is 10.3 Å². The maximum atomic E-state index is 12.4. The zero-order valence-corrected chi connectivity index (χ0v) is 18.8. The molecule has 1 N–H and O–H groups in total. The van der Waals surface area contributed by atoms with E-state index in [-0.39, 0.29) is 11.9 Å². The van der Waals surface area contributed by atoms with Gasteiger partial charge < -0.3 is 19.2 Å². The molecule has 0 saturated heterocycles. The van der Waals surface area contributed by atoms with Gasteiger partial charge in [0.25, 0.3) is 0 Å². The Morgan fingerprint density at radius 3 is 2.71 bits per heavy atom. The maximum Gasteiger partial charge on any atom is 0.230 e. The first-order valence-corrected chi connectivity index (χ1v) is 11.5. The number of fused-ring (bicyclic) bond motifs is 1. The molecule has 0 fully saturated rings. The summed E-state index contributed by atoms with van der Waals surface area (Å²) in [4.78, 5) is 17.1. The summed E-state index contributed by atoms with van der Waals surface area (Å²) < 4.78 is 17.0. The number of benzene rings is 2. The van der Waals surface area contributed by atoms with E-state index < -0.39 is 0 Å². The van der Waals surface area contributed by atoms with Crippen molar-refractivity contribution in [1.82, 2.24) is 10.3 Å². The number of nitrogens with one attached hydrogen (secondary N) is 1. The van der Waals surface area contributed by atoms with Gasteiger partial charge in [-0.15, -0.1) is 11.8 Å². The number of carbonyl (C=O) groups excluding carboxylic acids is 1. The number of ether oxygens (including phenoxy) is 2. The summed E-state index contributed by atoms with van der Waals surface area (Å²) in [6.45, 7) is 7.02. The lowest BCUT2D eigenvalue weighted by molar-refractivity contribution is -0.119. The fourth-order valence-electron chi connectivity index (χ4n) is 3.43. The normalized spacial score (nSPS) is 13.6. The van der Waals surface area contributed by atoms with Crippen molar-refractivity contribution in [3.63, 3.8) is 0 Å². The van der Waals surface area contributed by atoms with Crippen molar-refractivity contribution in [1.29, 1.82) is 0 Å². The first kappa shape index (κ1) is 21.3.